The highest BCUT2D eigenvalue weighted by atomic mass is 16.6. The molecule has 0 spiro atoms. The van der Waals surface area contributed by atoms with Crippen LogP contribution in [0.5, 0.6) is 0 Å². The van der Waals surface area contributed by atoms with Gasteiger partial charge < -0.3 is 15.2 Å². The Hall–Kier alpha value is -2.86. The number of rotatable bonds is 6. The van der Waals surface area contributed by atoms with Gasteiger partial charge in [0.1, 0.15) is 6.61 Å². The molecule has 6 heteroatoms. The smallest absolute Gasteiger partial charge is 0.411 e. The fourth-order valence-corrected chi connectivity index (χ4v) is 2.14. The number of ether oxygens (including phenoxy) is 1. The number of hydrogen-bond acceptors (Lipinski definition) is 4. The minimum Gasteiger partial charge on any atom is -0.447 e. The van der Waals surface area contributed by atoms with E-state index in [0.29, 0.717) is 5.69 Å². The van der Waals surface area contributed by atoms with E-state index >= 15 is 0 Å². The summed E-state index contributed by atoms with van der Waals surface area (Å²) in [6.45, 7) is 5.49. The molecule has 0 radical (unpaired) electrons. The molecular weight excluding hydrogens is 344 g/mol. The Morgan fingerprint density at radius 1 is 0.926 bits per heavy atom. The maximum absolute atomic E-state index is 11.4. The molecule has 0 unspecified atom stereocenters. The van der Waals surface area contributed by atoms with Crippen molar-refractivity contribution in [1.82, 2.24) is 0 Å². The van der Waals surface area contributed by atoms with Gasteiger partial charge in [0.25, 0.3) is 0 Å². The van der Waals surface area contributed by atoms with E-state index in [1.165, 1.54) is 13.3 Å². The molecule has 6 nitrogen and oxygen atoms in total. The molecule has 0 aliphatic rings. The van der Waals surface area contributed by atoms with Crippen LogP contribution in [-0.2, 0) is 16.0 Å². The van der Waals surface area contributed by atoms with Gasteiger partial charge in [-0.25, -0.2) is 4.79 Å². The first kappa shape index (κ1) is 22.2. The highest BCUT2D eigenvalue weighted by molar-refractivity contribution is 5.88. The zero-order valence-electron chi connectivity index (χ0n) is 16.1. The van der Waals surface area contributed by atoms with Crippen LogP contribution in [0.25, 0.3) is 0 Å². The maximum Gasteiger partial charge on any atom is 0.411 e. The largest absolute Gasteiger partial charge is 0.447 e. The van der Waals surface area contributed by atoms with Crippen LogP contribution in [0.4, 0.5) is 16.2 Å². The number of aliphatic hydroxyl groups excluding tert-OH is 1. The number of amides is 2. The van der Waals surface area contributed by atoms with Crippen molar-refractivity contribution in [3.05, 3.63) is 59.7 Å². The molecule has 2 aromatic carbocycles. The average molecular weight is 376 g/mol. The molecule has 3 N–H and O–H groups in total. The van der Waals surface area contributed by atoms with Gasteiger partial charge in [-0.2, -0.15) is 0 Å². The summed E-state index contributed by atoms with van der Waals surface area (Å²) in [5.41, 5.74) is 3.61. The van der Waals surface area contributed by atoms with Gasteiger partial charge in [-0.05, 0) is 41.8 Å². The van der Waals surface area contributed by atoms with Crippen molar-refractivity contribution in [3.63, 3.8) is 0 Å². The Balaban J connectivity index is 0. The molecule has 0 aliphatic carbocycles. The monoisotopic (exact) mass is 376 g/mol. The van der Waals surface area contributed by atoms with Crippen molar-refractivity contribution in [2.75, 3.05) is 23.8 Å². The Morgan fingerprint density at radius 3 is 1.78 bits per heavy atom. The fraction of sp³-hybridized carbons (Fsp3) is 0.333. The van der Waals surface area contributed by atoms with Crippen molar-refractivity contribution in [2.45, 2.75) is 33.6 Å². The maximum atomic E-state index is 11.4. The summed E-state index contributed by atoms with van der Waals surface area (Å²) >= 11 is 0. The van der Waals surface area contributed by atoms with Crippen molar-refractivity contribution in [3.8, 4) is 0 Å². The molecular formula is C21H32N2O4. The number of benzene rings is 2. The van der Waals surface area contributed by atoms with E-state index in [9.17, 15) is 9.59 Å². The minimum absolute atomic E-state index is 0. The second-order valence-electron chi connectivity index (χ2n) is 5.94. The summed E-state index contributed by atoms with van der Waals surface area (Å²) in [6, 6.07) is 15.1. The van der Waals surface area contributed by atoms with Gasteiger partial charge in [0.15, 0.2) is 0 Å². The molecule has 0 bridgehead atoms. The standard InChI is InChI=1S/C18H20N2O4.C3H8.2H2/c1-13(22)19-16-6-2-14(3-7-16)12-15-4-8-17(9-5-15)20-18(23)24-11-10-21;1-3-2;;/h2-9,21H,10-12H2,1H3,(H,19,22)(H,20,23);3H2,1-2H3;2*1H. The SMILES string of the molecule is CC(=O)Nc1ccc(Cc2ccc(NC(=O)OCCO)cc2)cc1.CCC.[HH].[HH]. The van der Waals surface area contributed by atoms with E-state index in [-0.39, 0.29) is 22.0 Å². The van der Waals surface area contributed by atoms with Gasteiger partial charge in [0.2, 0.25) is 5.91 Å². The van der Waals surface area contributed by atoms with Crippen LogP contribution in [0.15, 0.2) is 48.5 Å². The van der Waals surface area contributed by atoms with Crippen molar-refractivity contribution in [1.29, 1.82) is 0 Å². The lowest BCUT2D eigenvalue weighted by Crippen LogP contribution is -2.15. The quantitative estimate of drug-likeness (QED) is 0.683. The number of carbonyl (C=O) groups is 2. The van der Waals surface area contributed by atoms with Gasteiger partial charge >= 0.3 is 6.09 Å². The number of anilines is 2. The van der Waals surface area contributed by atoms with Crippen LogP contribution in [0.3, 0.4) is 0 Å². The summed E-state index contributed by atoms with van der Waals surface area (Å²) in [4.78, 5) is 22.4. The van der Waals surface area contributed by atoms with E-state index in [1.54, 1.807) is 12.1 Å². The molecule has 27 heavy (non-hydrogen) atoms. The van der Waals surface area contributed by atoms with Gasteiger partial charge in [0, 0.05) is 21.2 Å². The van der Waals surface area contributed by atoms with E-state index in [1.807, 2.05) is 36.4 Å². The van der Waals surface area contributed by atoms with Crippen LogP contribution in [0.2, 0.25) is 0 Å². The van der Waals surface area contributed by atoms with Crippen LogP contribution >= 0.6 is 0 Å². The summed E-state index contributed by atoms with van der Waals surface area (Å²) in [7, 11) is 0. The topological polar surface area (TPSA) is 87.7 Å². The Morgan fingerprint density at radius 2 is 1.37 bits per heavy atom. The third-order valence-corrected chi connectivity index (χ3v) is 3.21. The lowest BCUT2D eigenvalue weighted by molar-refractivity contribution is -0.114. The van der Waals surface area contributed by atoms with Crippen LogP contribution in [0.1, 0.15) is 41.2 Å². The Labute approximate surface area is 163 Å². The molecule has 0 aliphatic heterocycles. The van der Waals surface area contributed by atoms with Crippen molar-refractivity contribution < 1.29 is 22.3 Å². The number of hydrogen-bond donors (Lipinski definition) is 3. The lowest BCUT2D eigenvalue weighted by Gasteiger charge is -2.08. The fourth-order valence-electron chi connectivity index (χ4n) is 2.14. The third-order valence-electron chi connectivity index (χ3n) is 3.21. The van der Waals surface area contributed by atoms with E-state index < -0.39 is 6.09 Å². The minimum atomic E-state index is -0.592. The summed E-state index contributed by atoms with van der Waals surface area (Å²) in [5, 5.41) is 13.9. The third kappa shape index (κ3) is 9.42. The van der Waals surface area contributed by atoms with Gasteiger partial charge in [-0.1, -0.05) is 44.5 Å². The lowest BCUT2D eigenvalue weighted by atomic mass is 10.0. The predicted molar refractivity (Wildman–Crippen MR) is 112 cm³/mol. The van der Waals surface area contributed by atoms with E-state index in [0.717, 1.165) is 23.2 Å². The number of nitrogens with one attached hydrogen (secondary N) is 2. The summed E-state index contributed by atoms with van der Waals surface area (Å²) in [6.07, 6.45) is 1.40. The Bertz CT molecular complexity index is 708. The number of aliphatic hydroxyl groups is 1. The summed E-state index contributed by atoms with van der Waals surface area (Å²) < 4.78 is 4.73. The molecule has 2 rings (SSSR count). The zero-order valence-corrected chi connectivity index (χ0v) is 16.1. The molecule has 2 amide bonds. The van der Waals surface area contributed by atoms with Gasteiger partial charge in [0.05, 0.1) is 6.61 Å². The first-order valence-corrected chi connectivity index (χ1v) is 8.98. The molecule has 0 atom stereocenters. The van der Waals surface area contributed by atoms with Crippen LogP contribution in [0, 0.1) is 0 Å². The second kappa shape index (κ2) is 12.5. The summed E-state index contributed by atoms with van der Waals surface area (Å²) in [5.74, 6) is -0.0941. The predicted octanol–water partition coefficient (Wildman–Crippen LogP) is 4.68. The second-order valence-corrected chi connectivity index (χ2v) is 5.94. The molecule has 0 aromatic heterocycles. The molecule has 150 valence electrons. The van der Waals surface area contributed by atoms with Crippen LogP contribution in [-0.4, -0.2) is 30.3 Å². The van der Waals surface area contributed by atoms with Crippen LogP contribution < -0.4 is 10.6 Å². The van der Waals surface area contributed by atoms with Crippen molar-refractivity contribution in [2.24, 2.45) is 0 Å². The highest BCUT2D eigenvalue weighted by Gasteiger charge is 2.03. The average Bonchev–Trinajstić information content (AvgIpc) is 2.63. The zero-order chi connectivity index (χ0) is 20.1. The Kier molecular flexibility index (Phi) is 10.3. The highest BCUT2D eigenvalue weighted by Crippen LogP contribution is 2.16. The molecule has 2 aromatic rings. The molecule has 0 heterocycles. The van der Waals surface area contributed by atoms with E-state index in [4.69, 9.17) is 9.84 Å². The molecule has 0 saturated carbocycles. The number of carbonyl (C=O) groups excluding carboxylic acids is 2. The van der Waals surface area contributed by atoms with Gasteiger partial charge in [-0.15, -0.1) is 0 Å². The van der Waals surface area contributed by atoms with E-state index in [2.05, 4.69) is 24.5 Å². The molecule has 0 saturated heterocycles. The first-order chi connectivity index (χ1) is 13.0. The van der Waals surface area contributed by atoms with Crippen molar-refractivity contribution >= 4 is 23.4 Å². The normalized spacial score (nSPS) is 9.63. The molecule has 0 fully saturated rings. The van der Waals surface area contributed by atoms with Gasteiger partial charge in [-0.3, -0.25) is 10.1 Å². The first-order valence-electron chi connectivity index (χ1n) is 8.98.